The highest BCUT2D eigenvalue weighted by Crippen LogP contribution is 2.52. The molecule has 0 unspecified atom stereocenters. The molecule has 2 aliphatic rings. The lowest BCUT2D eigenvalue weighted by atomic mass is 9.94. The maximum Gasteiger partial charge on any atom is 0.586 e. The molecule has 1 aliphatic carbocycles. The monoisotopic (exact) mass is 506 g/mol. The second kappa shape index (κ2) is 7.90. The first-order valence-electron chi connectivity index (χ1n) is 10.5. The fourth-order valence-electron chi connectivity index (χ4n) is 4.00. The van der Waals surface area contributed by atoms with Crippen LogP contribution in [0.15, 0.2) is 54.6 Å². The number of aromatic nitrogens is 1. The molecule has 2 N–H and O–H groups in total. The number of hydrogen-bond donors (Lipinski definition) is 2. The third kappa shape index (κ3) is 4.18. The highest BCUT2D eigenvalue weighted by molar-refractivity contribution is 6.01. The van der Waals surface area contributed by atoms with Gasteiger partial charge in [0.15, 0.2) is 11.5 Å². The Balaban J connectivity index is 1.44. The van der Waals surface area contributed by atoms with Gasteiger partial charge in [0.2, 0.25) is 5.91 Å². The van der Waals surface area contributed by atoms with E-state index in [0.717, 1.165) is 24.3 Å². The molecule has 186 valence electrons. The fraction of sp³-hybridized carbons (Fsp3) is 0.208. The minimum Gasteiger partial charge on any atom is -0.478 e. The van der Waals surface area contributed by atoms with Gasteiger partial charge in [-0.3, -0.25) is 4.79 Å². The third-order valence-electron chi connectivity index (χ3n) is 5.99. The number of carboxylic acids is 1. The van der Waals surface area contributed by atoms with Gasteiger partial charge in [-0.15, -0.1) is 8.78 Å². The van der Waals surface area contributed by atoms with Crippen LogP contribution in [0.1, 0.15) is 34.3 Å². The number of anilines is 1. The van der Waals surface area contributed by atoms with Crippen molar-refractivity contribution in [2.75, 3.05) is 5.32 Å². The molecule has 0 atom stereocenters. The summed E-state index contributed by atoms with van der Waals surface area (Å²) in [5.41, 5.74) is -2.38. The lowest BCUT2D eigenvalue weighted by Gasteiger charge is -2.18. The average molecular weight is 506 g/mol. The summed E-state index contributed by atoms with van der Waals surface area (Å²) < 4.78 is 76.4. The number of carbonyl (C=O) groups is 2. The minimum absolute atomic E-state index is 0.00117. The largest absolute Gasteiger partial charge is 0.586 e. The Morgan fingerprint density at radius 2 is 1.61 bits per heavy atom. The SMILES string of the molecule is O=C(O)c1ccc(-c2nc(NC(=O)C3(c4ccc5c(c4)OC(F)(F)O5)CC3)ccc2C(F)(F)F)cc1. The van der Waals surface area contributed by atoms with Crippen LogP contribution in [0.3, 0.4) is 0 Å². The van der Waals surface area contributed by atoms with Gasteiger partial charge >= 0.3 is 18.4 Å². The molecule has 36 heavy (non-hydrogen) atoms. The molecule has 7 nitrogen and oxygen atoms in total. The number of aromatic carboxylic acids is 1. The molecule has 5 rings (SSSR count). The Morgan fingerprint density at radius 1 is 0.944 bits per heavy atom. The predicted octanol–water partition coefficient (Wildman–Crippen LogP) is 5.46. The van der Waals surface area contributed by atoms with Crippen molar-refractivity contribution < 1.29 is 46.1 Å². The summed E-state index contributed by atoms with van der Waals surface area (Å²) in [6.07, 6.45) is -7.83. The number of rotatable bonds is 5. The highest BCUT2D eigenvalue weighted by atomic mass is 19.4. The van der Waals surface area contributed by atoms with Crippen LogP contribution in [-0.4, -0.2) is 28.3 Å². The number of fused-ring (bicyclic) bond motifs is 1. The van der Waals surface area contributed by atoms with E-state index in [1.165, 1.54) is 30.3 Å². The normalized spacial score (nSPS) is 16.9. The minimum atomic E-state index is -4.76. The maximum atomic E-state index is 13.6. The van der Waals surface area contributed by atoms with Crippen molar-refractivity contribution >= 4 is 17.7 Å². The van der Waals surface area contributed by atoms with Gasteiger partial charge in [0.25, 0.3) is 0 Å². The number of amides is 1. The summed E-state index contributed by atoms with van der Waals surface area (Å²) in [7, 11) is 0. The zero-order valence-corrected chi connectivity index (χ0v) is 18.0. The molecule has 0 bridgehead atoms. The van der Waals surface area contributed by atoms with Crippen molar-refractivity contribution in [3.63, 3.8) is 0 Å². The summed E-state index contributed by atoms with van der Waals surface area (Å²) in [6.45, 7) is 0. The van der Waals surface area contributed by atoms with Gasteiger partial charge in [-0.25, -0.2) is 9.78 Å². The Morgan fingerprint density at radius 3 is 2.22 bits per heavy atom. The number of ether oxygens (including phenoxy) is 2. The number of nitrogens with zero attached hydrogens (tertiary/aromatic N) is 1. The van der Waals surface area contributed by atoms with Gasteiger partial charge in [0.05, 0.1) is 22.2 Å². The lowest BCUT2D eigenvalue weighted by Crippen LogP contribution is -2.28. The van der Waals surface area contributed by atoms with E-state index in [1.807, 2.05) is 0 Å². The van der Waals surface area contributed by atoms with Crippen molar-refractivity contribution in [2.24, 2.45) is 0 Å². The van der Waals surface area contributed by atoms with Crippen molar-refractivity contribution in [2.45, 2.75) is 30.7 Å². The number of hydrogen-bond acceptors (Lipinski definition) is 5. The van der Waals surface area contributed by atoms with E-state index in [2.05, 4.69) is 19.8 Å². The summed E-state index contributed by atoms with van der Waals surface area (Å²) in [5.74, 6) is -2.38. The van der Waals surface area contributed by atoms with Crippen molar-refractivity contribution in [3.05, 3.63) is 71.3 Å². The summed E-state index contributed by atoms with van der Waals surface area (Å²) >= 11 is 0. The number of carbonyl (C=O) groups excluding carboxylic acids is 1. The van der Waals surface area contributed by atoms with E-state index in [0.29, 0.717) is 18.4 Å². The second-order valence-electron chi connectivity index (χ2n) is 8.34. The quantitative estimate of drug-likeness (QED) is 0.447. The van der Waals surface area contributed by atoms with Crippen molar-refractivity contribution in [1.29, 1.82) is 0 Å². The summed E-state index contributed by atoms with van der Waals surface area (Å²) in [5, 5.41) is 11.5. The molecule has 0 saturated heterocycles. The average Bonchev–Trinajstić information content (AvgIpc) is 3.55. The van der Waals surface area contributed by atoms with Crippen LogP contribution < -0.4 is 14.8 Å². The molecule has 0 spiro atoms. The van der Waals surface area contributed by atoms with Gasteiger partial charge in [-0.05, 0) is 54.8 Å². The molecular formula is C24H15F5N2O5. The first-order valence-corrected chi connectivity index (χ1v) is 10.5. The standard InChI is InChI=1S/C24H15F5N2O5/c25-23(26,27)15-6-8-18(30-19(15)12-1-3-13(4-2-12)20(32)33)31-21(34)22(9-10-22)14-5-7-16-17(11-14)36-24(28,29)35-16/h1-8,11H,9-10H2,(H,32,33)(H,30,31,34). The van der Waals surface area contributed by atoms with Crippen LogP contribution in [0.5, 0.6) is 11.5 Å². The number of nitrogens with one attached hydrogen (secondary N) is 1. The van der Waals surface area contributed by atoms with Crippen molar-refractivity contribution in [1.82, 2.24) is 4.98 Å². The first kappa shape index (κ1) is 23.5. The number of pyridine rings is 1. The summed E-state index contributed by atoms with van der Waals surface area (Å²) in [4.78, 5) is 28.2. The van der Waals surface area contributed by atoms with Gasteiger partial charge in [0, 0.05) is 5.56 Å². The predicted molar refractivity (Wildman–Crippen MR) is 114 cm³/mol. The van der Waals surface area contributed by atoms with E-state index >= 15 is 0 Å². The van der Waals surface area contributed by atoms with E-state index in [9.17, 15) is 31.5 Å². The van der Waals surface area contributed by atoms with E-state index in [-0.39, 0.29) is 28.4 Å². The smallest absolute Gasteiger partial charge is 0.478 e. The molecule has 12 heteroatoms. The third-order valence-corrected chi connectivity index (χ3v) is 5.99. The van der Waals surface area contributed by atoms with Crippen LogP contribution in [0.2, 0.25) is 0 Å². The van der Waals surface area contributed by atoms with Gasteiger partial charge in [-0.1, -0.05) is 18.2 Å². The molecule has 1 aliphatic heterocycles. The second-order valence-corrected chi connectivity index (χ2v) is 8.34. The van der Waals surface area contributed by atoms with Crippen LogP contribution >= 0.6 is 0 Å². The Kier molecular flexibility index (Phi) is 5.16. The number of alkyl halides is 5. The Hall–Kier alpha value is -4.22. The van der Waals surface area contributed by atoms with E-state index in [4.69, 9.17) is 5.11 Å². The fourth-order valence-corrected chi connectivity index (χ4v) is 4.00. The molecular weight excluding hydrogens is 491 g/mol. The topological polar surface area (TPSA) is 97.8 Å². The number of halogens is 5. The first-order chi connectivity index (χ1) is 16.9. The lowest BCUT2D eigenvalue weighted by molar-refractivity contribution is -0.286. The molecule has 2 heterocycles. The van der Waals surface area contributed by atoms with Gasteiger partial charge in [-0.2, -0.15) is 13.2 Å². The zero-order chi connectivity index (χ0) is 25.9. The molecule has 1 amide bonds. The molecule has 1 aromatic heterocycles. The van der Waals surface area contributed by atoms with Crippen LogP contribution in [0.4, 0.5) is 27.8 Å². The molecule has 0 radical (unpaired) electrons. The number of carboxylic acid groups (broad SMARTS) is 1. The number of benzene rings is 2. The zero-order valence-electron chi connectivity index (χ0n) is 18.0. The Bertz CT molecular complexity index is 1380. The molecule has 2 aromatic carbocycles. The molecule has 1 fully saturated rings. The van der Waals surface area contributed by atoms with E-state index < -0.39 is 41.0 Å². The maximum absolute atomic E-state index is 13.6. The Labute approximate surface area is 199 Å². The van der Waals surface area contributed by atoms with Gasteiger partial charge < -0.3 is 19.9 Å². The van der Waals surface area contributed by atoms with Crippen LogP contribution in [0, 0.1) is 0 Å². The van der Waals surface area contributed by atoms with Crippen LogP contribution in [-0.2, 0) is 16.4 Å². The molecule has 1 saturated carbocycles. The van der Waals surface area contributed by atoms with E-state index in [1.54, 1.807) is 0 Å². The highest BCUT2D eigenvalue weighted by Gasteiger charge is 2.53. The van der Waals surface area contributed by atoms with Gasteiger partial charge in [0.1, 0.15) is 5.82 Å². The summed E-state index contributed by atoms with van der Waals surface area (Å²) in [6, 6.07) is 10.4. The van der Waals surface area contributed by atoms with Crippen LogP contribution in [0.25, 0.3) is 11.3 Å². The van der Waals surface area contributed by atoms with Crippen molar-refractivity contribution in [3.8, 4) is 22.8 Å². The molecule has 3 aromatic rings.